The van der Waals surface area contributed by atoms with Gasteiger partial charge in [0, 0.05) is 16.4 Å². The summed E-state index contributed by atoms with van der Waals surface area (Å²) in [6, 6.07) is 7.77. The van der Waals surface area contributed by atoms with Crippen LogP contribution in [0.15, 0.2) is 41.0 Å². The summed E-state index contributed by atoms with van der Waals surface area (Å²) >= 11 is 9.13. The third-order valence-corrected chi connectivity index (χ3v) is 3.41. The zero-order valence-electron chi connectivity index (χ0n) is 8.95. The molecule has 1 heterocycles. The maximum atomic E-state index is 13.3. The molecule has 0 saturated carbocycles. The molecule has 0 fully saturated rings. The minimum absolute atomic E-state index is 0.114. The Labute approximate surface area is 116 Å². The van der Waals surface area contributed by atoms with Crippen LogP contribution in [0.1, 0.15) is 10.4 Å². The Hall–Kier alpha value is -1.46. The average molecular weight is 330 g/mol. The summed E-state index contributed by atoms with van der Waals surface area (Å²) in [6.45, 7) is 0. The molecule has 0 unspecified atom stereocenters. The molecule has 1 aromatic heterocycles. The van der Waals surface area contributed by atoms with Crippen LogP contribution in [0.3, 0.4) is 0 Å². The summed E-state index contributed by atoms with van der Waals surface area (Å²) in [5.74, 6) is -1.38. The van der Waals surface area contributed by atoms with Gasteiger partial charge in [0.15, 0.2) is 0 Å². The lowest BCUT2D eigenvalue weighted by atomic mass is 10.2. The van der Waals surface area contributed by atoms with Crippen molar-refractivity contribution in [3.05, 3.63) is 57.5 Å². The summed E-state index contributed by atoms with van der Waals surface area (Å²) in [6.07, 6.45) is 1.28. The van der Waals surface area contributed by atoms with Crippen LogP contribution in [-0.2, 0) is 0 Å². The van der Waals surface area contributed by atoms with Gasteiger partial charge in [-0.15, -0.1) is 0 Å². The van der Waals surface area contributed by atoms with Gasteiger partial charge >= 0.3 is 0 Å². The lowest BCUT2D eigenvalue weighted by molar-refractivity contribution is 0.102. The normalized spacial score (nSPS) is 10.2. The van der Waals surface area contributed by atoms with Crippen LogP contribution in [0.2, 0.25) is 5.02 Å². The van der Waals surface area contributed by atoms with Crippen LogP contribution in [0.5, 0.6) is 0 Å². The number of hydrogen-bond donors (Lipinski definition) is 1. The number of nitrogens with one attached hydrogen (secondary N) is 1. The van der Waals surface area contributed by atoms with E-state index in [0.29, 0.717) is 10.7 Å². The number of rotatable bonds is 2. The first kappa shape index (κ1) is 13.0. The zero-order valence-corrected chi connectivity index (χ0v) is 11.3. The van der Waals surface area contributed by atoms with Gasteiger partial charge in [-0.3, -0.25) is 4.79 Å². The van der Waals surface area contributed by atoms with E-state index >= 15 is 0 Å². The van der Waals surface area contributed by atoms with Crippen LogP contribution in [0.4, 0.5) is 10.1 Å². The molecule has 0 aliphatic carbocycles. The van der Waals surface area contributed by atoms with E-state index in [-0.39, 0.29) is 5.56 Å². The molecular formula is C12H7BrClFN2O. The van der Waals surface area contributed by atoms with Gasteiger partial charge in [-0.2, -0.15) is 4.39 Å². The molecule has 6 heteroatoms. The number of hydrogen-bond acceptors (Lipinski definition) is 2. The van der Waals surface area contributed by atoms with Crippen LogP contribution in [0.25, 0.3) is 0 Å². The van der Waals surface area contributed by atoms with Crippen molar-refractivity contribution in [3.8, 4) is 0 Å². The SMILES string of the molecule is O=C(Nc1ccc(Br)c(Cl)c1)c1cccnc1F. The number of aromatic nitrogens is 1. The molecule has 1 aromatic carbocycles. The number of carbonyl (C=O) groups excluding carboxylic acids is 1. The van der Waals surface area contributed by atoms with E-state index in [2.05, 4.69) is 26.2 Å². The summed E-state index contributed by atoms with van der Waals surface area (Å²) in [4.78, 5) is 15.2. The summed E-state index contributed by atoms with van der Waals surface area (Å²) < 4.78 is 14.0. The molecule has 1 N–H and O–H groups in total. The third-order valence-electron chi connectivity index (χ3n) is 2.18. The summed E-state index contributed by atoms with van der Waals surface area (Å²) in [5, 5.41) is 3.00. The fraction of sp³-hybridized carbons (Fsp3) is 0. The van der Waals surface area contributed by atoms with E-state index < -0.39 is 11.9 Å². The molecule has 0 atom stereocenters. The van der Waals surface area contributed by atoms with Gasteiger partial charge in [0.2, 0.25) is 5.95 Å². The Bertz CT molecular complexity index is 606. The Balaban J connectivity index is 2.22. The van der Waals surface area contributed by atoms with E-state index in [1.807, 2.05) is 0 Å². The highest BCUT2D eigenvalue weighted by atomic mass is 79.9. The second-order valence-corrected chi connectivity index (χ2v) is 4.69. The van der Waals surface area contributed by atoms with Crippen LogP contribution in [0, 0.1) is 5.95 Å². The molecule has 0 spiro atoms. The molecule has 3 nitrogen and oxygen atoms in total. The number of benzene rings is 1. The Kier molecular flexibility index (Phi) is 3.93. The number of halogens is 3. The lowest BCUT2D eigenvalue weighted by Gasteiger charge is -2.06. The van der Waals surface area contributed by atoms with Gasteiger partial charge in [0.05, 0.1) is 10.6 Å². The summed E-state index contributed by atoms with van der Waals surface area (Å²) in [7, 11) is 0. The second-order valence-electron chi connectivity index (χ2n) is 3.42. The number of nitrogens with zero attached hydrogens (tertiary/aromatic N) is 1. The lowest BCUT2D eigenvalue weighted by Crippen LogP contribution is -2.14. The van der Waals surface area contributed by atoms with Crippen molar-refractivity contribution in [2.75, 3.05) is 5.32 Å². The van der Waals surface area contributed by atoms with Crippen molar-refractivity contribution >= 4 is 39.1 Å². The maximum absolute atomic E-state index is 13.3. The topological polar surface area (TPSA) is 42.0 Å². The van der Waals surface area contributed by atoms with Crippen molar-refractivity contribution in [3.63, 3.8) is 0 Å². The first-order valence-corrected chi connectivity index (χ1v) is 6.12. The van der Waals surface area contributed by atoms with Crippen molar-refractivity contribution < 1.29 is 9.18 Å². The van der Waals surface area contributed by atoms with Gasteiger partial charge in [0.25, 0.3) is 5.91 Å². The Morgan fingerprint density at radius 3 is 2.83 bits per heavy atom. The van der Waals surface area contributed by atoms with Crippen molar-refractivity contribution in [2.24, 2.45) is 0 Å². The van der Waals surface area contributed by atoms with Gasteiger partial charge in [-0.25, -0.2) is 4.98 Å². The molecule has 92 valence electrons. The number of amides is 1. The smallest absolute Gasteiger partial charge is 0.260 e. The molecule has 0 aliphatic heterocycles. The molecule has 2 aromatic rings. The van der Waals surface area contributed by atoms with Gasteiger partial charge < -0.3 is 5.32 Å². The molecule has 0 aliphatic rings. The first-order valence-electron chi connectivity index (χ1n) is 4.95. The van der Waals surface area contributed by atoms with E-state index in [9.17, 15) is 9.18 Å². The molecule has 1 amide bonds. The van der Waals surface area contributed by atoms with E-state index in [4.69, 9.17) is 11.6 Å². The first-order chi connectivity index (χ1) is 8.58. The highest BCUT2D eigenvalue weighted by Crippen LogP contribution is 2.25. The number of anilines is 1. The van der Waals surface area contributed by atoms with Crippen LogP contribution < -0.4 is 5.32 Å². The van der Waals surface area contributed by atoms with Gasteiger partial charge in [0.1, 0.15) is 0 Å². The van der Waals surface area contributed by atoms with Crippen LogP contribution >= 0.6 is 27.5 Å². The Morgan fingerprint density at radius 2 is 2.17 bits per heavy atom. The number of pyridine rings is 1. The van der Waals surface area contributed by atoms with E-state index in [0.717, 1.165) is 4.47 Å². The van der Waals surface area contributed by atoms with Crippen molar-refractivity contribution in [1.29, 1.82) is 0 Å². The van der Waals surface area contributed by atoms with Crippen molar-refractivity contribution in [2.45, 2.75) is 0 Å². The minimum atomic E-state index is -0.807. The standard InChI is InChI=1S/C12H7BrClFN2O/c13-9-4-3-7(6-10(9)14)17-12(18)8-2-1-5-16-11(8)15/h1-6H,(H,17,18). The molecular weight excluding hydrogens is 322 g/mol. The van der Waals surface area contributed by atoms with Gasteiger partial charge in [-0.1, -0.05) is 11.6 Å². The average Bonchev–Trinajstić information content (AvgIpc) is 2.34. The molecule has 0 bridgehead atoms. The zero-order chi connectivity index (χ0) is 13.1. The monoisotopic (exact) mass is 328 g/mol. The number of carbonyl (C=O) groups is 1. The molecule has 2 rings (SSSR count). The highest BCUT2D eigenvalue weighted by Gasteiger charge is 2.12. The predicted molar refractivity (Wildman–Crippen MR) is 71.3 cm³/mol. The molecule has 18 heavy (non-hydrogen) atoms. The molecule has 0 radical (unpaired) electrons. The van der Waals surface area contributed by atoms with E-state index in [1.54, 1.807) is 18.2 Å². The fourth-order valence-electron chi connectivity index (χ4n) is 1.33. The fourth-order valence-corrected chi connectivity index (χ4v) is 1.75. The minimum Gasteiger partial charge on any atom is -0.322 e. The largest absolute Gasteiger partial charge is 0.322 e. The van der Waals surface area contributed by atoms with Gasteiger partial charge in [-0.05, 0) is 46.3 Å². The summed E-state index contributed by atoms with van der Waals surface area (Å²) in [5.41, 5.74) is 0.369. The third kappa shape index (κ3) is 2.86. The Morgan fingerprint density at radius 1 is 1.39 bits per heavy atom. The van der Waals surface area contributed by atoms with Crippen LogP contribution in [-0.4, -0.2) is 10.9 Å². The second kappa shape index (κ2) is 5.46. The highest BCUT2D eigenvalue weighted by molar-refractivity contribution is 9.10. The van der Waals surface area contributed by atoms with E-state index in [1.165, 1.54) is 18.3 Å². The van der Waals surface area contributed by atoms with Crippen molar-refractivity contribution in [1.82, 2.24) is 4.98 Å². The maximum Gasteiger partial charge on any atom is 0.260 e. The quantitative estimate of drug-likeness (QED) is 0.849. The predicted octanol–water partition coefficient (Wildman–Crippen LogP) is 3.89. The molecule has 0 saturated heterocycles.